The summed E-state index contributed by atoms with van der Waals surface area (Å²) in [6.45, 7) is 5.48. The fourth-order valence-electron chi connectivity index (χ4n) is 3.72. The number of aliphatic imine (C=N–C) groups is 1. The highest BCUT2D eigenvalue weighted by molar-refractivity contribution is 7.92. The zero-order chi connectivity index (χ0) is 23.4. The largest absolute Gasteiger partial charge is 0.313 e. The predicted octanol–water partition coefficient (Wildman–Crippen LogP) is 4.25. The van der Waals surface area contributed by atoms with Crippen molar-refractivity contribution in [2.45, 2.75) is 11.3 Å². The normalized spacial score (nSPS) is 14.6. The summed E-state index contributed by atoms with van der Waals surface area (Å²) in [5.41, 5.74) is 5.18. The highest BCUT2D eigenvalue weighted by atomic mass is 35.5. The molecule has 33 heavy (non-hydrogen) atoms. The van der Waals surface area contributed by atoms with Gasteiger partial charge in [-0.1, -0.05) is 29.8 Å². The van der Waals surface area contributed by atoms with E-state index >= 15 is 0 Å². The van der Waals surface area contributed by atoms with Gasteiger partial charge in [0.15, 0.2) is 0 Å². The van der Waals surface area contributed by atoms with E-state index in [1.54, 1.807) is 36.0 Å². The number of benzene rings is 2. The molecule has 7 nitrogen and oxygen atoms in total. The van der Waals surface area contributed by atoms with Crippen molar-refractivity contribution >= 4 is 45.3 Å². The first-order valence-corrected chi connectivity index (χ1v) is 12.2. The lowest BCUT2D eigenvalue weighted by Crippen LogP contribution is -2.19. The third kappa shape index (κ3) is 5.08. The van der Waals surface area contributed by atoms with E-state index in [9.17, 15) is 8.42 Å². The topological polar surface area (TPSA) is 87.8 Å². The third-order valence-electron chi connectivity index (χ3n) is 5.39. The monoisotopic (exact) mass is 481 g/mol. The van der Waals surface area contributed by atoms with Crippen LogP contribution in [0, 0.1) is 0 Å². The van der Waals surface area contributed by atoms with Gasteiger partial charge in [0.2, 0.25) is 0 Å². The lowest BCUT2D eigenvalue weighted by Gasteiger charge is -2.12. The number of nitrogens with one attached hydrogen (secondary N) is 2. The van der Waals surface area contributed by atoms with E-state index in [-0.39, 0.29) is 4.90 Å². The summed E-state index contributed by atoms with van der Waals surface area (Å²) in [6, 6.07) is 15.1. The average Bonchev–Trinajstić information content (AvgIpc) is 3.25. The Labute approximate surface area is 198 Å². The third-order valence-corrected chi connectivity index (χ3v) is 7.04. The molecule has 1 aliphatic rings. The van der Waals surface area contributed by atoms with Crippen LogP contribution in [-0.2, 0) is 10.0 Å². The van der Waals surface area contributed by atoms with E-state index in [2.05, 4.69) is 39.0 Å². The Morgan fingerprint density at radius 1 is 1.15 bits per heavy atom. The van der Waals surface area contributed by atoms with Crippen molar-refractivity contribution in [3.63, 3.8) is 0 Å². The van der Waals surface area contributed by atoms with Gasteiger partial charge in [-0.25, -0.2) is 13.1 Å². The molecule has 0 saturated carbocycles. The highest BCUT2D eigenvalue weighted by Gasteiger charge is 2.17. The van der Waals surface area contributed by atoms with Crippen LogP contribution >= 0.6 is 11.6 Å². The molecule has 2 N–H and O–H groups in total. The van der Waals surface area contributed by atoms with Gasteiger partial charge in [0.25, 0.3) is 10.0 Å². The number of halogens is 1. The second-order valence-corrected chi connectivity index (χ2v) is 9.61. The summed E-state index contributed by atoms with van der Waals surface area (Å²) in [7, 11) is -2.00. The van der Waals surface area contributed by atoms with Crippen molar-refractivity contribution in [3.05, 3.63) is 88.7 Å². The Morgan fingerprint density at radius 3 is 2.48 bits per heavy atom. The van der Waals surface area contributed by atoms with Gasteiger partial charge in [0.1, 0.15) is 0 Å². The molecule has 9 heteroatoms. The van der Waals surface area contributed by atoms with Gasteiger partial charge >= 0.3 is 0 Å². The number of sulfonamides is 1. The lowest BCUT2D eigenvalue weighted by atomic mass is 10.0. The Kier molecular flexibility index (Phi) is 6.78. The van der Waals surface area contributed by atoms with Gasteiger partial charge in [0.05, 0.1) is 16.3 Å². The number of nitrogens with zero attached hydrogens (tertiary/aromatic N) is 3. The summed E-state index contributed by atoms with van der Waals surface area (Å²) in [4.78, 5) is 4.62. The number of hydrogen-bond donors (Lipinski definition) is 2. The van der Waals surface area contributed by atoms with Crippen molar-refractivity contribution in [1.82, 2.24) is 9.99 Å². The van der Waals surface area contributed by atoms with Gasteiger partial charge < -0.3 is 5.32 Å². The van der Waals surface area contributed by atoms with Crippen LogP contribution in [0.1, 0.15) is 23.2 Å². The molecule has 0 saturated heterocycles. The summed E-state index contributed by atoms with van der Waals surface area (Å²) >= 11 is 5.86. The average molecular weight is 482 g/mol. The van der Waals surface area contributed by atoms with Gasteiger partial charge in [-0.05, 0) is 66.6 Å². The Hall–Kier alpha value is -3.20. The van der Waals surface area contributed by atoms with E-state index < -0.39 is 10.0 Å². The molecule has 0 bridgehead atoms. The second-order valence-electron chi connectivity index (χ2n) is 7.49. The summed E-state index contributed by atoms with van der Waals surface area (Å²) in [5.74, 6) is 0. The molecule has 3 aromatic rings. The Bertz CT molecular complexity index is 1320. The van der Waals surface area contributed by atoms with Crippen LogP contribution in [0.4, 0.5) is 5.69 Å². The molecule has 2 aromatic carbocycles. The minimum absolute atomic E-state index is 0.140. The fourth-order valence-corrected chi connectivity index (χ4v) is 4.91. The first-order chi connectivity index (χ1) is 15.9. The van der Waals surface area contributed by atoms with Gasteiger partial charge in [-0.2, -0.15) is 5.10 Å². The van der Waals surface area contributed by atoms with Crippen molar-refractivity contribution in [1.29, 1.82) is 0 Å². The molecule has 2 heterocycles. The van der Waals surface area contributed by atoms with E-state index in [1.807, 2.05) is 18.3 Å². The van der Waals surface area contributed by atoms with Crippen LogP contribution in [0.3, 0.4) is 0 Å². The van der Waals surface area contributed by atoms with E-state index in [0.717, 1.165) is 42.0 Å². The van der Waals surface area contributed by atoms with E-state index in [4.69, 9.17) is 11.6 Å². The number of rotatable bonds is 7. The molecule has 0 radical (unpaired) electrons. The zero-order valence-corrected chi connectivity index (χ0v) is 19.7. The van der Waals surface area contributed by atoms with Crippen LogP contribution in [0.25, 0.3) is 5.57 Å². The smallest absolute Gasteiger partial charge is 0.261 e. The van der Waals surface area contributed by atoms with Gasteiger partial charge in [-0.15, -0.1) is 0 Å². The predicted molar refractivity (Wildman–Crippen MR) is 135 cm³/mol. The molecule has 0 amide bonds. The first-order valence-electron chi connectivity index (χ1n) is 10.4. The maximum absolute atomic E-state index is 12.6. The molecule has 4 rings (SSSR count). The number of aromatic nitrogens is 1. The molecule has 0 unspecified atom stereocenters. The minimum atomic E-state index is -3.72. The highest BCUT2D eigenvalue weighted by Crippen LogP contribution is 2.25. The van der Waals surface area contributed by atoms with E-state index in [1.165, 1.54) is 17.7 Å². The molecule has 0 fully saturated rings. The van der Waals surface area contributed by atoms with Crippen LogP contribution in [0.15, 0.2) is 81.9 Å². The standard InChI is InChI=1S/C24H24ClN5O2S/c1-26-24(23-15-19(16-30(23)27-2)17-11-13-28-14-12-17)18-3-7-21(8-4-18)29-33(31,32)22-9-5-20(25)6-10-22/h3-11,15-16,28-29H,2,12-14H2,1H3. The molecule has 170 valence electrons. The van der Waals surface area contributed by atoms with Crippen molar-refractivity contribution < 1.29 is 8.42 Å². The van der Waals surface area contributed by atoms with Crippen LogP contribution in [0.2, 0.25) is 5.02 Å². The molecule has 0 aliphatic carbocycles. The van der Waals surface area contributed by atoms with Crippen LogP contribution in [-0.4, -0.2) is 45.7 Å². The summed E-state index contributed by atoms with van der Waals surface area (Å²) < 4.78 is 29.6. The second kappa shape index (κ2) is 9.74. The van der Waals surface area contributed by atoms with Crippen LogP contribution in [0.5, 0.6) is 0 Å². The Morgan fingerprint density at radius 2 is 1.88 bits per heavy atom. The fraction of sp³-hybridized carbons (Fsp3) is 0.167. The van der Waals surface area contributed by atoms with Crippen molar-refractivity contribution in [2.75, 3.05) is 24.9 Å². The summed E-state index contributed by atoms with van der Waals surface area (Å²) in [5, 5.41) is 7.92. The maximum Gasteiger partial charge on any atom is 0.261 e. The maximum atomic E-state index is 12.6. The SMILES string of the molecule is C=Nn1cc(C2=CCNCC2)cc1C(=NC)c1ccc(NS(=O)(=O)c2ccc(Cl)cc2)cc1. The Balaban J connectivity index is 1.59. The summed E-state index contributed by atoms with van der Waals surface area (Å²) in [6.07, 6.45) is 5.08. The van der Waals surface area contributed by atoms with Crippen molar-refractivity contribution in [2.24, 2.45) is 10.1 Å². The van der Waals surface area contributed by atoms with E-state index in [0.29, 0.717) is 10.7 Å². The molecular weight excluding hydrogens is 458 g/mol. The molecule has 0 atom stereocenters. The number of anilines is 1. The van der Waals surface area contributed by atoms with Gasteiger partial charge in [-0.3, -0.25) is 9.71 Å². The molecule has 1 aromatic heterocycles. The first kappa shape index (κ1) is 23.0. The van der Waals surface area contributed by atoms with Crippen molar-refractivity contribution in [3.8, 4) is 0 Å². The zero-order valence-electron chi connectivity index (χ0n) is 18.1. The molecule has 1 aliphatic heterocycles. The minimum Gasteiger partial charge on any atom is -0.313 e. The molecule has 0 spiro atoms. The molecular formula is C24H24ClN5O2S. The van der Waals surface area contributed by atoms with Crippen LogP contribution < -0.4 is 10.0 Å². The number of hydrogen-bond acceptors (Lipinski definition) is 5. The van der Waals surface area contributed by atoms with Gasteiger partial charge in [0, 0.05) is 42.8 Å². The quantitative estimate of drug-likeness (QED) is 0.494. The lowest BCUT2D eigenvalue weighted by molar-refractivity contribution is 0.601.